The molecule has 0 aliphatic rings. The van der Waals surface area contributed by atoms with Crippen LogP contribution in [0.15, 0.2) is 24.5 Å². The van der Waals surface area contributed by atoms with Crippen molar-refractivity contribution in [2.75, 3.05) is 24.9 Å². The number of anilines is 2. The molecular weight excluding hydrogens is 332 g/mol. The van der Waals surface area contributed by atoms with Crippen molar-refractivity contribution in [3.8, 4) is 11.5 Å². The van der Waals surface area contributed by atoms with E-state index in [1.54, 1.807) is 12.1 Å². The Hall–Kier alpha value is -2.54. The topological polar surface area (TPSA) is 85.4 Å². The standard InChI is InChI=1S/C16H19ClN4O3/c1-9(2)20-15-8-18-12(7-19-15)16(22)21-11-6-13(23-3)10(17)5-14(11)24-4/h5-9H,1-4H3,(H,19,20)(H,21,22). The molecule has 0 aliphatic heterocycles. The maximum absolute atomic E-state index is 12.3. The Balaban J connectivity index is 2.20. The molecule has 0 bridgehead atoms. The molecule has 2 aromatic rings. The van der Waals surface area contributed by atoms with Crippen LogP contribution in [-0.2, 0) is 0 Å². The zero-order chi connectivity index (χ0) is 17.7. The van der Waals surface area contributed by atoms with Gasteiger partial charge in [0.2, 0.25) is 0 Å². The number of carbonyl (C=O) groups excluding carboxylic acids is 1. The predicted molar refractivity (Wildman–Crippen MR) is 93.3 cm³/mol. The van der Waals surface area contributed by atoms with E-state index < -0.39 is 5.91 Å². The van der Waals surface area contributed by atoms with Gasteiger partial charge in [-0.1, -0.05) is 11.6 Å². The number of rotatable bonds is 6. The Morgan fingerprint density at radius 1 is 1.12 bits per heavy atom. The van der Waals surface area contributed by atoms with Crippen molar-refractivity contribution in [3.05, 3.63) is 35.2 Å². The zero-order valence-electron chi connectivity index (χ0n) is 13.9. The quantitative estimate of drug-likeness (QED) is 0.832. The number of nitrogens with zero attached hydrogens (tertiary/aromatic N) is 2. The van der Waals surface area contributed by atoms with Gasteiger partial charge in [0.25, 0.3) is 5.91 Å². The Kier molecular flexibility index (Phi) is 5.81. The van der Waals surface area contributed by atoms with E-state index in [4.69, 9.17) is 21.1 Å². The Labute approximate surface area is 145 Å². The van der Waals surface area contributed by atoms with Gasteiger partial charge in [-0.15, -0.1) is 0 Å². The SMILES string of the molecule is COc1cc(NC(=O)c2cnc(NC(C)C)cn2)c(OC)cc1Cl. The molecule has 0 spiro atoms. The highest BCUT2D eigenvalue weighted by atomic mass is 35.5. The number of carbonyl (C=O) groups is 1. The van der Waals surface area contributed by atoms with Crippen molar-refractivity contribution in [2.45, 2.75) is 19.9 Å². The highest BCUT2D eigenvalue weighted by molar-refractivity contribution is 6.32. The van der Waals surface area contributed by atoms with Crippen molar-refractivity contribution in [2.24, 2.45) is 0 Å². The lowest BCUT2D eigenvalue weighted by atomic mass is 10.2. The van der Waals surface area contributed by atoms with Crippen molar-refractivity contribution in [1.82, 2.24) is 9.97 Å². The van der Waals surface area contributed by atoms with Crippen molar-refractivity contribution in [1.29, 1.82) is 0 Å². The molecule has 0 radical (unpaired) electrons. The van der Waals surface area contributed by atoms with Crippen LogP contribution in [0.2, 0.25) is 5.02 Å². The predicted octanol–water partition coefficient (Wildman–Crippen LogP) is 3.22. The molecule has 1 aromatic carbocycles. The van der Waals surface area contributed by atoms with Gasteiger partial charge in [-0.25, -0.2) is 9.97 Å². The van der Waals surface area contributed by atoms with Crippen LogP contribution in [0, 0.1) is 0 Å². The average Bonchev–Trinajstić information content (AvgIpc) is 2.56. The zero-order valence-corrected chi connectivity index (χ0v) is 14.6. The molecule has 0 fully saturated rings. The molecule has 0 atom stereocenters. The smallest absolute Gasteiger partial charge is 0.275 e. The minimum Gasteiger partial charge on any atom is -0.495 e. The summed E-state index contributed by atoms with van der Waals surface area (Å²) in [6, 6.07) is 3.38. The van der Waals surface area contributed by atoms with Crippen molar-refractivity contribution in [3.63, 3.8) is 0 Å². The fourth-order valence-corrected chi connectivity index (χ4v) is 2.19. The molecular formula is C16H19ClN4O3. The molecule has 0 saturated carbocycles. The second kappa shape index (κ2) is 7.83. The molecule has 0 aliphatic carbocycles. The van der Waals surface area contributed by atoms with Crippen LogP contribution in [0.4, 0.5) is 11.5 Å². The summed E-state index contributed by atoms with van der Waals surface area (Å²) in [5, 5.41) is 6.20. The highest BCUT2D eigenvalue weighted by Gasteiger charge is 2.15. The van der Waals surface area contributed by atoms with E-state index >= 15 is 0 Å². The number of ether oxygens (including phenoxy) is 2. The first-order valence-corrected chi connectivity index (χ1v) is 7.63. The number of halogens is 1. The Bertz CT molecular complexity index is 720. The van der Waals surface area contributed by atoms with Crippen LogP contribution < -0.4 is 20.1 Å². The molecule has 2 rings (SSSR count). The molecule has 7 nitrogen and oxygen atoms in total. The van der Waals surface area contributed by atoms with Gasteiger partial charge < -0.3 is 20.1 Å². The van der Waals surface area contributed by atoms with E-state index in [1.807, 2.05) is 13.8 Å². The fourth-order valence-electron chi connectivity index (χ4n) is 1.96. The third-order valence-corrected chi connectivity index (χ3v) is 3.34. The summed E-state index contributed by atoms with van der Waals surface area (Å²) in [6.45, 7) is 3.98. The van der Waals surface area contributed by atoms with Gasteiger partial charge in [-0.05, 0) is 13.8 Å². The van der Waals surface area contributed by atoms with E-state index in [-0.39, 0.29) is 11.7 Å². The van der Waals surface area contributed by atoms with Gasteiger partial charge in [-0.2, -0.15) is 0 Å². The Morgan fingerprint density at radius 3 is 2.38 bits per heavy atom. The van der Waals surface area contributed by atoms with Gasteiger partial charge in [0.05, 0.1) is 37.3 Å². The van der Waals surface area contributed by atoms with Crippen LogP contribution in [0.3, 0.4) is 0 Å². The van der Waals surface area contributed by atoms with Crippen LogP contribution >= 0.6 is 11.6 Å². The molecule has 1 aromatic heterocycles. The number of aromatic nitrogens is 2. The van der Waals surface area contributed by atoms with Gasteiger partial charge in [-0.3, -0.25) is 4.79 Å². The van der Waals surface area contributed by atoms with E-state index in [2.05, 4.69) is 20.6 Å². The first-order chi connectivity index (χ1) is 11.4. The largest absolute Gasteiger partial charge is 0.495 e. The third kappa shape index (κ3) is 4.26. The molecule has 2 N–H and O–H groups in total. The van der Waals surface area contributed by atoms with Crippen LogP contribution in [0.5, 0.6) is 11.5 Å². The summed E-state index contributed by atoms with van der Waals surface area (Å²) < 4.78 is 10.4. The summed E-state index contributed by atoms with van der Waals surface area (Å²) in [4.78, 5) is 20.6. The van der Waals surface area contributed by atoms with Crippen LogP contribution in [-0.4, -0.2) is 36.1 Å². The molecule has 0 saturated heterocycles. The lowest BCUT2D eigenvalue weighted by Gasteiger charge is -2.13. The molecule has 0 unspecified atom stereocenters. The summed E-state index contributed by atoms with van der Waals surface area (Å²) in [6.07, 6.45) is 2.91. The van der Waals surface area contributed by atoms with Gasteiger partial charge in [0.15, 0.2) is 0 Å². The van der Waals surface area contributed by atoms with E-state index in [1.165, 1.54) is 26.6 Å². The number of methoxy groups -OCH3 is 2. The average molecular weight is 351 g/mol. The lowest BCUT2D eigenvalue weighted by molar-refractivity contribution is 0.102. The maximum Gasteiger partial charge on any atom is 0.275 e. The van der Waals surface area contributed by atoms with E-state index in [9.17, 15) is 4.79 Å². The summed E-state index contributed by atoms with van der Waals surface area (Å²) in [7, 11) is 2.98. The van der Waals surface area contributed by atoms with Crippen LogP contribution in [0.1, 0.15) is 24.3 Å². The minimum absolute atomic E-state index is 0.181. The van der Waals surface area contributed by atoms with Gasteiger partial charge in [0, 0.05) is 18.2 Å². The number of benzene rings is 1. The molecule has 1 amide bonds. The van der Waals surface area contributed by atoms with Gasteiger partial charge in [0.1, 0.15) is 23.0 Å². The second-order valence-corrected chi connectivity index (χ2v) is 5.63. The monoisotopic (exact) mass is 350 g/mol. The molecule has 1 heterocycles. The fraction of sp³-hybridized carbons (Fsp3) is 0.312. The summed E-state index contributed by atoms with van der Waals surface area (Å²) >= 11 is 6.05. The number of nitrogens with one attached hydrogen (secondary N) is 2. The number of amides is 1. The van der Waals surface area contributed by atoms with E-state index in [0.29, 0.717) is 28.0 Å². The minimum atomic E-state index is -0.415. The molecule has 128 valence electrons. The van der Waals surface area contributed by atoms with Gasteiger partial charge >= 0.3 is 0 Å². The third-order valence-electron chi connectivity index (χ3n) is 3.04. The van der Waals surface area contributed by atoms with Crippen molar-refractivity contribution >= 4 is 29.0 Å². The van der Waals surface area contributed by atoms with Crippen molar-refractivity contribution < 1.29 is 14.3 Å². The lowest BCUT2D eigenvalue weighted by Crippen LogP contribution is -2.16. The second-order valence-electron chi connectivity index (χ2n) is 5.23. The molecule has 8 heteroatoms. The Morgan fingerprint density at radius 2 is 1.83 bits per heavy atom. The number of hydrogen-bond donors (Lipinski definition) is 2. The first-order valence-electron chi connectivity index (χ1n) is 7.26. The maximum atomic E-state index is 12.3. The summed E-state index contributed by atoms with van der Waals surface area (Å²) in [5.74, 6) is 1.03. The molecule has 24 heavy (non-hydrogen) atoms. The first kappa shape index (κ1) is 17.8. The normalized spacial score (nSPS) is 10.4. The highest BCUT2D eigenvalue weighted by Crippen LogP contribution is 2.35. The van der Waals surface area contributed by atoms with Crippen LogP contribution in [0.25, 0.3) is 0 Å². The number of hydrogen-bond acceptors (Lipinski definition) is 6. The summed E-state index contributed by atoms with van der Waals surface area (Å²) in [5.41, 5.74) is 0.607. The van der Waals surface area contributed by atoms with E-state index in [0.717, 1.165) is 0 Å².